The zero-order chi connectivity index (χ0) is 15.7. The van der Waals surface area contributed by atoms with Gasteiger partial charge in [-0.25, -0.2) is 4.79 Å². The average Bonchev–Trinajstić information content (AvgIpc) is 2.46. The number of amides is 2. The largest absolute Gasteiger partial charge is 0.497 e. The van der Waals surface area contributed by atoms with Crippen molar-refractivity contribution >= 4 is 6.03 Å². The van der Waals surface area contributed by atoms with Gasteiger partial charge >= 0.3 is 6.03 Å². The van der Waals surface area contributed by atoms with E-state index in [1.807, 2.05) is 38.1 Å². The van der Waals surface area contributed by atoms with Crippen molar-refractivity contribution in [3.8, 4) is 5.75 Å². The predicted octanol–water partition coefficient (Wildman–Crippen LogP) is 2.09. The third-order valence-electron chi connectivity index (χ3n) is 3.29. The van der Waals surface area contributed by atoms with Crippen LogP contribution in [0.3, 0.4) is 0 Å². The standard InChI is InChI=1S/C16H26N2O3/c1-4-14(19)8-9-17-16(20)18-12(2)10-13-6-5-7-15(11-13)21-3/h5-7,11-12,14,19H,4,8-10H2,1-3H3,(H2,17,18,20). The normalized spacial score (nSPS) is 13.3. The number of aliphatic hydroxyl groups excluding tert-OH is 1. The van der Waals surface area contributed by atoms with E-state index in [9.17, 15) is 9.90 Å². The monoisotopic (exact) mass is 294 g/mol. The molecule has 2 atom stereocenters. The lowest BCUT2D eigenvalue weighted by atomic mass is 10.1. The van der Waals surface area contributed by atoms with Gasteiger partial charge in [0, 0.05) is 12.6 Å². The van der Waals surface area contributed by atoms with Crippen molar-refractivity contribution in [2.45, 2.75) is 45.3 Å². The second-order valence-corrected chi connectivity index (χ2v) is 5.21. The second-order valence-electron chi connectivity index (χ2n) is 5.21. The number of hydrogen-bond donors (Lipinski definition) is 3. The van der Waals surface area contributed by atoms with Gasteiger partial charge in [0.1, 0.15) is 5.75 Å². The van der Waals surface area contributed by atoms with Crippen LogP contribution in [0.15, 0.2) is 24.3 Å². The van der Waals surface area contributed by atoms with Crippen LogP contribution in [0.2, 0.25) is 0 Å². The lowest BCUT2D eigenvalue weighted by Crippen LogP contribution is -2.42. The number of ether oxygens (including phenoxy) is 1. The van der Waals surface area contributed by atoms with Crippen LogP contribution < -0.4 is 15.4 Å². The molecule has 1 aromatic carbocycles. The summed E-state index contributed by atoms with van der Waals surface area (Å²) in [6, 6.07) is 7.63. The number of carbonyl (C=O) groups excluding carboxylic acids is 1. The first-order valence-electron chi connectivity index (χ1n) is 7.40. The topological polar surface area (TPSA) is 70.6 Å². The molecule has 5 heteroatoms. The Bertz CT molecular complexity index is 437. The SMILES string of the molecule is CCC(O)CCNC(=O)NC(C)Cc1cccc(OC)c1. The van der Waals surface area contributed by atoms with E-state index in [0.717, 1.165) is 17.7 Å². The summed E-state index contributed by atoms with van der Waals surface area (Å²) >= 11 is 0. The molecule has 21 heavy (non-hydrogen) atoms. The Hall–Kier alpha value is -1.75. The van der Waals surface area contributed by atoms with E-state index in [0.29, 0.717) is 19.4 Å². The zero-order valence-corrected chi connectivity index (χ0v) is 13.1. The molecule has 0 aliphatic heterocycles. The first-order chi connectivity index (χ1) is 10.0. The third kappa shape index (κ3) is 6.99. The molecule has 0 aliphatic rings. The van der Waals surface area contributed by atoms with Gasteiger partial charge in [-0.3, -0.25) is 0 Å². The maximum Gasteiger partial charge on any atom is 0.315 e. The lowest BCUT2D eigenvalue weighted by molar-refractivity contribution is 0.160. The van der Waals surface area contributed by atoms with Crippen molar-refractivity contribution in [2.75, 3.05) is 13.7 Å². The third-order valence-corrected chi connectivity index (χ3v) is 3.29. The van der Waals surface area contributed by atoms with E-state index in [1.165, 1.54) is 0 Å². The fourth-order valence-corrected chi connectivity index (χ4v) is 2.04. The van der Waals surface area contributed by atoms with Gasteiger partial charge in [-0.2, -0.15) is 0 Å². The van der Waals surface area contributed by atoms with E-state index < -0.39 is 0 Å². The summed E-state index contributed by atoms with van der Waals surface area (Å²) < 4.78 is 5.18. The van der Waals surface area contributed by atoms with Crippen molar-refractivity contribution in [1.29, 1.82) is 0 Å². The summed E-state index contributed by atoms with van der Waals surface area (Å²) in [4.78, 5) is 11.7. The van der Waals surface area contributed by atoms with Crippen molar-refractivity contribution < 1.29 is 14.6 Å². The van der Waals surface area contributed by atoms with Gasteiger partial charge < -0.3 is 20.5 Å². The minimum Gasteiger partial charge on any atom is -0.497 e. The molecular weight excluding hydrogens is 268 g/mol. The summed E-state index contributed by atoms with van der Waals surface area (Å²) in [5.41, 5.74) is 1.11. The number of benzene rings is 1. The molecule has 3 N–H and O–H groups in total. The van der Waals surface area contributed by atoms with Gasteiger partial charge in [-0.05, 0) is 43.9 Å². The smallest absolute Gasteiger partial charge is 0.315 e. The van der Waals surface area contributed by atoms with Crippen LogP contribution in [0.4, 0.5) is 4.79 Å². The molecule has 2 unspecified atom stereocenters. The Balaban J connectivity index is 2.32. The molecule has 118 valence electrons. The molecule has 0 spiro atoms. The van der Waals surface area contributed by atoms with Gasteiger partial charge in [-0.15, -0.1) is 0 Å². The van der Waals surface area contributed by atoms with Gasteiger partial charge in [0.25, 0.3) is 0 Å². The molecule has 0 heterocycles. The number of methoxy groups -OCH3 is 1. The van der Waals surface area contributed by atoms with Gasteiger partial charge in [0.15, 0.2) is 0 Å². The Labute approximate surface area is 126 Å². The summed E-state index contributed by atoms with van der Waals surface area (Å²) in [6.07, 6.45) is 1.67. The van der Waals surface area contributed by atoms with Gasteiger partial charge in [0.05, 0.1) is 13.2 Å². The summed E-state index contributed by atoms with van der Waals surface area (Å²) in [6.45, 7) is 4.35. The van der Waals surface area contributed by atoms with Crippen LogP contribution >= 0.6 is 0 Å². The summed E-state index contributed by atoms with van der Waals surface area (Å²) in [5.74, 6) is 0.817. The van der Waals surface area contributed by atoms with E-state index >= 15 is 0 Å². The molecule has 0 saturated carbocycles. The van der Waals surface area contributed by atoms with E-state index in [-0.39, 0.29) is 18.2 Å². The Morgan fingerprint density at radius 2 is 2.19 bits per heavy atom. The van der Waals surface area contributed by atoms with Crippen LogP contribution in [0, 0.1) is 0 Å². The van der Waals surface area contributed by atoms with E-state index in [4.69, 9.17) is 4.74 Å². The second kappa shape index (κ2) is 9.23. The minimum absolute atomic E-state index is 0.0215. The average molecular weight is 294 g/mol. The highest BCUT2D eigenvalue weighted by Gasteiger charge is 2.09. The molecule has 2 amide bonds. The minimum atomic E-state index is -0.348. The van der Waals surface area contributed by atoms with Crippen LogP contribution in [0.25, 0.3) is 0 Å². The highest BCUT2D eigenvalue weighted by atomic mass is 16.5. The lowest BCUT2D eigenvalue weighted by Gasteiger charge is -2.16. The van der Waals surface area contributed by atoms with Gasteiger partial charge in [-0.1, -0.05) is 19.1 Å². The molecule has 1 rings (SSSR count). The van der Waals surface area contributed by atoms with Crippen LogP contribution in [0.1, 0.15) is 32.3 Å². The Morgan fingerprint density at radius 3 is 2.86 bits per heavy atom. The molecule has 0 fully saturated rings. The maximum absolute atomic E-state index is 11.7. The molecule has 0 bridgehead atoms. The van der Waals surface area contributed by atoms with Crippen molar-refractivity contribution in [1.82, 2.24) is 10.6 Å². The first-order valence-corrected chi connectivity index (χ1v) is 7.40. The summed E-state index contributed by atoms with van der Waals surface area (Å²) in [7, 11) is 1.64. The number of urea groups is 1. The van der Waals surface area contributed by atoms with Crippen LogP contribution in [-0.2, 0) is 6.42 Å². The molecule has 0 aliphatic carbocycles. The molecule has 0 aromatic heterocycles. The fraction of sp³-hybridized carbons (Fsp3) is 0.562. The van der Waals surface area contributed by atoms with E-state index in [1.54, 1.807) is 7.11 Å². The van der Waals surface area contributed by atoms with Crippen LogP contribution in [0.5, 0.6) is 5.75 Å². The Kier molecular flexibility index (Phi) is 7.61. The molecule has 0 radical (unpaired) electrons. The molecule has 5 nitrogen and oxygen atoms in total. The number of carbonyl (C=O) groups is 1. The highest BCUT2D eigenvalue weighted by molar-refractivity contribution is 5.74. The number of aliphatic hydroxyl groups is 1. The Morgan fingerprint density at radius 1 is 1.43 bits per heavy atom. The zero-order valence-electron chi connectivity index (χ0n) is 13.1. The maximum atomic E-state index is 11.7. The summed E-state index contributed by atoms with van der Waals surface area (Å²) in [5, 5.41) is 15.1. The highest BCUT2D eigenvalue weighted by Crippen LogP contribution is 2.13. The quantitative estimate of drug-likeness (QED) is 0.687. The van der Waals surface area contributed by atoms with Crippen molar-refractivity contribution in [3.05, 3.63) is 29.8 Å². The number of hydrogen-bond acceptors (Lipinski definition) is 3. The molecule has 1 aromatic rings. The molecule has 0 saturated heterocycles. The van der Waals surface area contributed by atoms with Crippen LogP contribution in [-0.4, -0.2) is 36.9 Å². The first kappa shape index (κ1) is 17.3. The predicted molar refractivity (Wildman–Crippen MR) is 83.6 cm³/mol. The number of rotatable bonds is 8. The van der Waals surface area contributed by atoms with Gasteiger partial charge in [0.2, 0.25) is 0 Å². The van der Waals surface area contributed by atoms with E-state index in [2.05, 4.69) is 10.6 Å². The number of nitrogens with one attached hydrogen (secondary N) is 2. The van der Waals surface area contributed by atoms with Crippen molar-refractivity contribution in [2.24, 2.45) is 0 Å². The van der Waals surface area contributed by atoms with Crippen molar-refractivity contribution in [3.63, 3.8) is 0 Å². The fourth-order valence-electron chi connectivity index (χ4n) is 2.04. The molecular formula is C16H26N2O3.